The molecule has 0 saturated carbocycles. The molecule has 1 amide bonds. The molecule has 0 aliphatic rings. The number of carbonyl (C=O) groups excluding carboxylic acids is 1. The van der Waals surface area contributed by atoms with E-state index in [0.717, 1.165) is 4.88 Å². The number of anilines is 1. The second kappa shape index (κ2) is 7.06. The Labute approximate surface area is 125 Å². The summed E-state index contributed by atoms with van der Waals surface area (Å²) in [5, 5.41) is 13.6. The maximum Gasteiger partial charge on any atom is 0.257 e. The zero-order valence-electron chi connectivity index (χ0n) is 10.4. The Morgan fingerprint density at radius 1 is 1.50 bits per heavy atom. The molecule has 2 rings (SSSR count). The van der Waals surface area contributed by atoms with Gasteiger partial charge in [0.25, 0.3) is 5.91 Å². The lowest BCUT2D eigenvalue weighted by molar-refractivity contribution is 0.102. The molecule has 6 heteroatoms. The SMILES string of the molecule is O=C(Nc1ccc(Cl)cn1)c1csc(C#CCCO)c1. The molecule has 20 heavy (non-hydrogen) atoms. The first-order valence-corrected chi connectivity index (χ1v) is 7.06. The third-order valence-corrected chi connectivity index (χ3v) is 3.35. The smallest absolute Gasteiger partial charge is 0.257 e. The molecule has 2 aromatic heterocycles. The van der Waals surface area contributed by atoms with Crippen molar-refractivity contribution in [3.8, 4) is 11.8 Å². The topological polar surface area (TPSA) is 62.2 Å². The average Bonchev–Trinajstić information content (AvgIpc) is 2.91. The van der Waals surface area contributed by atoms with E-state index < -0.39 is 0 Å². The molecule has 102 valence electrons. The molecule has 0 aromatic carbocycles. The quantitative estimate of drug-likeness (QED) is 0.857. The third-order valence-electron chi connectivity index (χ3n) is 2.28. The van der Waals surface area contributed by atoms with Gasteiger partial charge in [0.1, 0.15) is 5.82 Å². The highest BCUT2D eigenvalue weighted by atomic mass is 35.5. The summed E-state index contributed by atoms with van der Waals surface area (Å²) in [6, 6.07) is 5.00. The Bertz CT molecular complexity index is 656. The predicted molar refractivity (Wildman–Crippen MR) is 80.1 cm³/mol. The molecule has 0 unspecified atom stereocenters. The van der Waals surface area contributed by atoms with Crippen molar-refractivity contribution in [2.75, 3.05) is 11.9 Å². The number of thiophene rings is 1. The number of rotatable bonds is 3. The van der Waals surface area contributed by atoms with Crippen molar-refractivity contribution in [3.63, 3.8) is 0 Å². The number of aliphatic hydroxyl groups is 1. The molecular weight excluding hydrogens is 296 g/mol. The Kier molecular flexibility index (Phi) is 5.13. The average molecular weight is 307 g/mol. The largest absolute Gasteiger partial charge is 0.395 e. The number of aromatic nitrogens is 1. The van der Waals surface area contributed by atoms with Crippen molar-refractivity contribution in [1.82, 2.24) is 4.98 Å². The Morgan fingerprint density at radius 2 is 2.35 bits per heavy atom. The molecule has 2 heterocycles. The molecule has 0 aliphatic heterocycles. The molecule has 4 nitrogen and oxygen atoms in total. The van der Waals surface area contributed by atoms with Crippen LogP contribution in [0.4, 0.5) is 5.82 Å². The van der Waals surface area contributed by atoms with Gasteiger partial charge in [0, 0.05) is 18.0 Å². The zero-order valence-corrected chi connectivity index (χ0v) is 12.0. The van der Waals surface area contributed by atoms with Crippen LogP contribution in [0.25, 0.3) is 0 Å². The summed E-state index contributed by atoms with van der Waals surface area (Å²) >= 11 is 7.11. The number of halogens is 1. The van der Waals surface area contributed by atoms with Crippen LogP contribution in [0.3, 0.4) is 0 Å². The lowest BCUT2D eigenvalue weighted by atomic mass is 10.3. The molecule has 0 spiro atoms. The van der Waals surface area contributed by atoms with Crippen LogP contribution in [0.15, 0.2) is 29.8 Å². The van der Waals surface area contributed by atoms with Gasteiger partial charge in [0.05, 0.1) is 22.1 Å². The van der Waals surface area contributed by atoms with E-state index in [1.807, 2.05) is 0 Å². The Hall–Kier alpha value is -1.87. The number of pyridine rings is 1. The van der Waals surface area contributed by atoms with Crippen LogP contribution in [0.1, 0.15) is 21.7 Å². The zero-order chi connectivity index (χ0) is 14.4. The monoisotopic (exact) mass is 306 g/mol. The number of nitrogens with one attached hydrogen (secondary N) is 1. The molecule has 0 saturated heterocycles. The van der Waals surface area contributed by atoms with Gasteiger partial charge in [-0.1, -0.05) is 23.4 Å². The fourth-order valence-corrected chi connectivity index (χ4v) is 2.23. The van der Waals surface area contributed by atoms with Crippen molar-refractivity contribution >= 4 is 34.7 Å². The number of nitrogens with zero attached hydrogens (tertiary/aromatic N) is 1. The first kappa shape index (κ1) is 14.5. The van der Waals surface area contributed by atoms with Gasteiger partial charge in [-0.15, -0.1) is 11.3 Å². The highest BCUT2D eigenvalue weighted by Crippen LogP contribution is 2.16. The van der Waals surface area contributed by atoms with E-state index >= 15 is 0 Å². The molecule has 0 atom stereocenters. The Morgan fingerprint density at radius 3 is 3.05 bits per heavy atom. The molecule has 0 fully saturated rings. The van der Waals surface area contributed by atoms with Gasteiger partial charge in [-0.2, -0.15) is 0 Å². The summed E-state index contributed by atoms with van der Waals surface area (Å²) in [7, 11) is 0. The van der Waals surface area contributed by atoms with E-state index in [1.165, 1.54) is 17.5 Å². The van der Waals surface area contributed by atoms with Gasteiger partial charge < -0.3 is 10.4 Å². The minimum Gasteiger partial charge on any atom is -0.395 e. The van der Waals surface area contributed by atoms with Crippen LogP contribution >= 0.6 is 22.9 Å². The van der Waals surface area contributed by atoms with Crippen LogP contribution in [0.5, 0.6) is 0 Å². The van der Waals surface area contributed by atoms with Gasteiger partial charge >= 0.3 is 0 Å². The van der Waals surface area contributed by atoms with Crippen molar-refractivity contribution in [2.24, 2.45) is 0 Å². The summed E-state index contributed by atoms with van der Waals surface area (Å²) < 4.78 is 0. The summed E-state index contributed by atoms with van der Waals surface area (Å²) in [5.41, 5.74) is 0.528. The van der Waals surface area contributed by atoms with Gasteiger partial charge in [-0.3, -0.25) is 4.79 Å². The van der Waals surface area contributed by atoms with E-state index in [2.05, 4.69) is 22.1 Å². The van der Waals surface area contributed by atoms with E-state index in [0.29, 0.717) is 22.8 Å². The third kappa shape index (κ3) is 4.07. The van der Waals surface area contributed by atoms with Crippen LogP contribution in [-0.2, 0) is 0 Å². The summed E-state index contributed by atoms with van der Waals surface area (Å²) in [5.74, 6) is 5.90. The minimum absolute atomic E-state index is 0.0357. The Balaban J connectivity index is 2.03. The molecule has 2 N–H and O–H groups in total. The fraction of sp³-hybridized carbons (Fsp3) is 0.143. The number of hydrogen-bond donors (Lipinski definition) is 2. The number of carbonyl (C=O) groups is 1. The number of amides is 1. The first-order valence-electron chi connectivity index (χ1n) is 5.80. The fourth-order valence-electron chi connectivity index (χ4n) is 1.36. The predicted octanol–water partition coefficient (Wildman–Crippen LogP) is 2.78. The highest BCUT2D eigenvalue weighted by molar-refractivity contribution is 7.10. The standard InChI is InChI=1S/C14H11ClN2O2S/c15-11-4-5-13(16-8-11)17-14(19)10-7-12(20-9-10)3-1-2-6-18/h4-5,7-9,18H,2,6H2,(H,16,17,19). The van der Waals surface area contributed by atoms with Gasteiger partial charge in [-0.05, 0) is 18.2 Å². The van der Waals surface area contributed by atoms with Crippen LogP contribution in [0.2, 0.25) is 5.02 Å². The second-order valence-corrected chi connectivity index (χ2v) is 5.14. The van der Waals surface area contributed by atoms with Crippen molar-refractivity contribution in [3.05, 3.63) is 45.2 Å². The number of aliphatic hydroxyl groups excluding tert-OH is 1. The maximum atomic E-state index is 12.0. The molecular formula is C14H11ClN2O2S. The summed E-state index contributed by atoms with van der Waals surface area (Å²) in [6.45, 7) is 0.0357. The second-order valence-electron chi connectivity index (χ2n) is 3.79. The van der Waals surface area contributed by atoms with Crippen molar-refractivity contribution in [1.29, 1.82) is 0 Å². The minimum atomic E-state index is -0.244. The summed E-state index contributed by atoms with van der Waals surface area (Å²) in [4.78, 5) is 16.8. The molecule has 0 radical (unpaired) electrons. The van der Waals surface area contributed by atoms with E-state index in [1.54, 1.807) is 23.6 Å². The van der Waals surface area contributed by atoms with Gasteiger partial charge in [-0.25, -0.2) is 4.98 Å². The maximum absolute atomic E-state index is 12.0. The van der Waals surface area contributed by atoms with Crippen molar-refractivity contribution in [2.45, 2.75) is 6.42 Å². The molecule has 0 bridgehead atoms. The van der Waals surface area contributed by atoms with Gasteiger partial charge in [0.2, 0.25) is 0 Å². The highest BCUT2D eigenvalue weighted by Gasteiger charge is 2.08. The van der Waals surface area contributed by atoms with Gasteiger partial charge in [0.15, 0.2) is 0 Å². The lowest BCUT2D eigenvalue weighted by Gasteiger charge is -2.01. The molecule has 2 aromatic rings. The summed E-state index contributed by atoms with van der Waals surface area (Å²) in [6.07, 6.45) is 1.89. The number of hydrogen-bond acceptors (Lipinski definition) is 4. The van der Waals surface area contributed by atoms with Crippen LogP contribution < -0.4 is 5.32 Å². The first-order chi connectivity index (χ1) is 9.69. The van der Waals surface area contributed by atoms with Crippen LogP contribution in [-0.4, -0.2) is 22.6 Å². The van der Waals surface area contributed by atoms with E-state index in [4.69, 9.17) is 16.7 Å². The van der Waals surface area contributed by atoms with E-state index in [-0.39, 0.29) is 12.5 Å². The normalized spacial score (nSPS) is 9.70. The van der Waals surface area contributed by atoms with Crippen molar-refractivity contribution < 1.29 is 9.90 Å². The molecule has 0 aliphatic carbocycles. The van der Waals surface area contributed by atoms with Crippen LogP contribution in [0, 0.1) is 11.8 Å². The van der Waals surface area contributed by atoms with E-state index in [9.17, 15) is 4.79 Å². The lowest BCUT2D eigenvalue weighted by Crippen LogP contribution is -2.11.